The van der Waals surface area contributed by atoms with Crippen LogP contribution in [0.3, 0.4) is 0 Å². The van der Waals surface area contributed by atoms with Gasteiger partial charge in [-0.15, -0.1) is 11.3 Å². The van der Waals surface area contributed by atoms with E-state index in [4.69, 9.17) is 11.6 Å². The van der Waals surface area contributed by atoms with Gasteiger partial charge in [-0.3, -0.25) is 9.69 Å². The molecule has 1 fully saturated rings. The zero-order valence-electron chi connectivity index (χ0n) is 6.99. The van der Waals surface area contributed by atoms with Gasteiger partial charge >= 0.3 is 6.03 Å². The van der Waals surface area contributed by atoms with Crippen LogP contribution in [0.15, 0.2) is 6.20 Å². The third kappa shape index (κ3) is 1.71. The molecule has 1 aliphatic rings. The summed E-state index contributed by atoms with van der Waals surface area (Å²) in [5.74, 6) is -0.223. The Balaban J connectivity index is 2.10. The van der Waals surface area contributed by atoms with Crippen molar-refractivity contribution < 1.29 is 9.59 Å². The molecule has 2 heterocycles. The Morgan fingerprint density at radius 1 is 1.64 bits per heavy atom. The number of rotatable bonds is 2. The van der Waals surface area contributed by atoms with Crippen LogP contribution in [0.25, 0.3) is 0 Å². The van der Waals surface area contributed by atoms with Crippen LogP contribution in [0.2, 0.25) is 4.47 Å². The van der Waals surface area contributed by atoms with Crippen LogP contribution in [-0.2, 0) is 11.3 Å². The molecule has 1 N–H and O–H groups in total. The molecule has 2 rings (SSSR count). The largest absolute Gasteiger partial charge is 0.329 e. The number of urea groups is 1. The number of halogens is 1. The van der Waals surface area contributed by atoms with Crippen molar-refractivity contribution >= 4 is 34.9 Å². The monoisotopic (exact) mass is 231 g/mol. The van der Waals surface area contributed by atoms with Gasteiger partial charge in [0.05, 0.1) is 13.1 Å². The van der Waals surface area contributed by atoms with Crippen molar-refractivity contribution in [1.82, 2.24) is 15.2 Å². The highest BCUT2D eigenvalue weighted by atomic mass is 35.5. The normalized spacial score (nSPS) is 16.2. The highest BCUT2D eigenvalue weighted by Crippen LogP contribution is 2.20. The van der Waals surface area contributed by atoms with Gasteiger partial charge in [-0.1, -0.05) is 11.6 Å². The number of carbonyl (C=O) groups excluding carboxylic acids is 2. The number of thiazole rings is 1. The molecular weight excluding hydrogens is 226 g/mol. The molecule has 0 unspecified atom stereocenters. The van der Waals surface area contributed by atoms with Crippen molar-refractivity contribution in [2.75, 3.05) is 6.54 Å². The molecule has 74 valence electrons. The van der Waals surface area contributed by atoms with Crippen LogP contribution in [0, 0.1) is 0 Å². The lowest BCUT2D eigenvalue weighted by Crippen LogP contribution is -2.29. The Morgan fingerprint density at radius 3 is 2.93 bits per heavy atom. The van der Waals surface area contributed by atoms with Crippen molar-refractivity contribution in [1.29, 1.82) is 0 Å². The fourth-order valence-corrected chi connectivity index (χ4v) is 2.09. The molecule has 1 saturated heterocycles. The topological polar surface area (TPSA) is 62.3 Å². The third-order valence-electron chi connectivity index (χ3n) is 1.78. The smallest absolute Gasteiger partial charge is 0.324 e. The summed E-state index contributed by atoms with van der Waals surface area (Å²) in [7, 11) is 0. The van der Waals surface area contributed by atoms with Crippen LogP contribution in [0.4, 0.5) is 4.79 Å². The molecule has 1 aliphatic heterocycles. The van der Waals surface area contributed by atoms with E-state index in [1.54, 1.807) is 6.20 Å². The summed E-state index contributed by atoms with van der Waals surface area (Å²) in [6, 6.07) is -0.362. The van der Waals surface area contributed by atoms with E-state index >= 15 is 0 Å². The molecule has 1 aromatic heterocycles. The maximum Gasteiger partial charge on any atom is 0.324 e. The van der Waals surface area contributed by atoms with Crippen LogP contribution in [0.5, 0.6) is 0 Å². The lowest BCUT2D eigenvalue weighted by molar-refractivity contribution is -0.125. The fraction of sp³-hybridized carbons (Fsp3) is 0.286. The van der Waals surface area contributed by atoms with Gasteiger partial charge in [-0.2, -0.15) is 0 Å². The van der Waals surface area contributed by atoms with E-state index in [-0.39, 0.29) is 25.0 Å². The third-order valence-corrected chi connectivity index (χ3v) is 2.88. The molecule has 0 aromatic carbocycles. The van der Waals surface area contributed by atoms with Gasteiger partial charge in [0.25, 0.3) is 0 Å². The molecule has 0 radical (unpaired) electrons. The summed E-state index contributed by atoms with van der Waals surface area (Å²) < 4.78 is 0.409. The standard InChI is InChI=1S/C7H6ClN3O2S/c8-6-9-1-4(14-6)3-11-5(12)2-10-7(11)13/h1H,2-3H2,(H,10,13). The van der Waals surface area contributed by atoms with Crippen molar-refractivity contribution in [3.63, 3.8) is 0 Å². The van der Waals surface area contributed by atoms with E-state index < -0.39 is 0 Å². The molecule has 0 spiro atoms. The van der Waals surface area contributed by atoms with Crippen LogP contribution in [0.1, 0.15) is 4.88 Å². The molecule has 3 amide bonds. The van der Waals surface area contributed by atoms with E-state index in [1.807, 2.05) is 0 Å². The summed E-state index contributed by atoms with van der Waals surface area (Å²) in [6.07, 6.45) is 1.56. The molecule has 0 bridgehead atoms. The zero-order valence-corrected chi connectivity index (χ0v) is 8.56. The predicted molar refractivity (Wildman–Crippen MR) is 51.1 cm³/mol. The molecule has 5 nitrogen and oxygen atoms in total. The second-order valence-electron chi connectivity index (χ2n) is 2.72. The highest BCUT2D eigenvalue weighted by molar-refractivity contribution is 7.15. The molecule has 0 saturated carbocycles. The maximum atomic E-state index is 11.2. The minimum absolute atomic E-state index is 0.0748. The molecule has 1 aromatic rings. The molecule has 14 heavy (non-hydrogen) atoms. The van der Waals surface area contributed by atoms with E-state index in [9.17, 15) is 9.59 Å². The fourth-order valence-electron chi connectivity index (χ4n) is 1.13. The van der Waals surface area contributed by atoms with Gasteiger partial charge in [-0.05, 0) is 0 Å². The Morgan fingerprint density at radius 2 is 2.43 bits per heavy atom. The number of nitrogens with one attached hydrogen (secondary N) is 1. The van der Waals surface area contributed by atoms with E-state index in [2.05, 4.69) is 10.3 Å². The van der Waals surface area contributed by atoms with Gasteiger partial charge in [-0.25, -0.2) is 9.78 Å². The minimum Gasteiger partial charge on any atom is -0.329 e. The van der Waals surface area contributed by atoms with Gasteiger partial charge in [0, 0.05) is 11.1 Å². The second-order valence-corrected chi connectivity index (χ2v) is 4.42. The van der Waals surface area contributed by atoms with Crippen LogP contribution >= 0.6 is 22.9 Å². The number of hydrogen-bond donors (Lipinski definition) is 1. The SMILES string of the molecule is O=C1CNC(=O)N1Cc1cnc(Cl)s1. The number of aromatic nitrogens is 1. The Hall–Kier alpha value is -1.14. The lowest BCUT2D eigenvalue weighted by Gasteiger charge is -2.09. The molecule has 0 atom stereocenters. The van der Waals surface area contributed by atoms with Crippen LogP contribution in [-0.4, -0.2) is 28.4 Å². The Bertz CT molecular complexity index is 376. The van der Waals surface area contributed by atoms with Crippen LogP contribution < -0.4 is 5.32 Å². The summed E-state index contributed by atoms with van der Waals surface area (Å²) in [5, 5.41) is 2.44. The first-order chi connectivity index (χ1) is 6.66. The van der Waals surface area contributed by atoms with Gasteiger partial charge in [0.2, 0.25) is 5.91 Å². The van der Waals surface area contributed by atoms with Gasteiger partial charge < -0.3 is 5.32 Å². The first-order valence-corrected chi connectivity index (χ1v) is 5.04. The average Bonchev–Trinajstić information content (AvgIpc) is 2.67. The van der Waals surface area contributed by atoms with Crippen molar-refractivity contribution in [2.45, 2.75) is 6.54 Å². The lowest BCUT2D eigenvalue weighted by atomic mass is 10.5. The first kappa shape index (κ1) is 9.42. The van der Waals surface area contributed by atoms with Crippen molar-refractivity contribution in [3.8, 4) is 0 Å². The summed E-state index contributed by atoms with van der Waals surface area (Å²) in [5.41, 5.74) is 0. The zero-order chi connectivity index (χ0) is 10.1. The Kier molecular flexibility index (Phi) is 2.39. The number of hydrogen-bond acceptors (Lipinski definition) is 4. The predicted octanol–water partition coefficient (Wildman–Crippen LogP) is 0.848. The second kappa shape index (κ2) is 3.55. The van der Waals surface area contributed by atoms with E-state index in [0.717, 1.165) is 9.78 Å². The number of nitrogens with zero attached hydrogens (tertiary/aromatic N) is 2. The van der Waals surface area contributed by atoms with E-state index in [0.29, 0.717) is 4.47 Å². The minimum atomic E-state index is -0.362. The number of carbonyl (C=O) groups is 2. The highest BCUT2D eigenvalue weighted by Gasteiger charge is 2.28. The number of amides is 3. The van der Waals surface area contributed by atoms with E-state index in [1.165, 1.54) is 11.3 Å². The average molecular weight is 232 g/mol. The summed E-state index contributed by atoms with van der Waals surface area (Å²) >= 11 is 6.88. The quantitative estimate of drug-likeness (QED) is 0.768. The molecule has 7 heteroatoms. The molecular formula is C7H6ClN3O2S. The molecule has 0 aliphatic carbocycles. The Labute approximate surface area is 88.7 Å². The maximum absolute atomic E-state index is 11.2. The van der Waals surface area contributed by atoms with Crippen molar-refractivity contribution in [3.05, 3.63) is 15.5 Å². The summed E-state index contributed by atoms with van der Waals surface area (Å²) in [6.45, 7) is 0.320. The van der Waals surface area contributed by atoms with Crippen molar-refractivity contribution in [2.24, 2.45) is 0 Å². The number of imide groups is 1. The first-order valence-electron chi connectivity index (χ1n) is 3.85. The van der Waals surface area contributed by atoms with Gasteiger partial charge in [0.1, 0.15) is 0 Å². The van der Waals surface area contributed by atoms with Gasteiger partial charge in [0.15, 0.2) is 4.47 Å². The summed E-state index contributed by atoms with van der Waals surface area (Å²) in [4.78, 5) is 28.1.